The summed E-state index contributed by atoms with van der Waals surface area (Å²) >= 11 is 0. The van der Waals surface area contributed by atoms with Gasteiger partial charge in [-0.3, -0.25) is 0 Å². The summed E-state index contributed by atoms with van der Waals surface area (Å²) in [5.74, 6) is -1.05. The maximum Gasteiger partial charge on any atom is 0.417 e. The number of rotatable bonds is 7. The molecule has 0 unspecified atom stereocenters. The summed E-state index contributed by atoms with van der Waals surface area (Å²) in [4.78, 5) is 0. The molecular weight excluding hydrogens is 911 g/mol. The quantitative estimate of drug-likeness (QED) is 0.147. The molecule has 0 aliphatic carbocycles. The summed E-state index contributed by atoms with van der Waals surface area (Å²) < 4.78 is 68.2. The maximum atomic E-state index is 17.2. The van der Waals surface area contributed by atoms with Crippen molar-refractivity contribution in [2.24, 2.45) is 0 Å². The van der Waals surface area contributed by atoms with Crippen LogP contribution >= 0.6 is 0 Å². The normalized spacial score (nSPS) is 11.8. The first-order valence-electron chi connectivity index (χ1n) is 24.2. The van der Waals surface area contributed by atoms with Crippen molar-refractivity contribution in [2.75, 3.05) is 0 Å². The second kappa shape index (κ2) is 17.4. The monoisotopic (exact) mass is 955 g/mol. The fraction of sp³-hybridized carbons (Fsp3) is 0.0758. The zero-order valence-corrected chi connectivity index (χ0v) is 40.4. The lowest BCUT2D eigenvalue weighted by Gasteiger charge is -2.23. The van der Waals surface area contributed by atoms with E-state index in [1.165, 1.54) is 0 Å². The largest absolute Gasteiger partial charge is 0.417 e. The highest BCUT2D eigenvalue weighted by atomic mass is 19.4. The lowest BCUT2D eigenvalue weighted by molar-refractivity contribution is -0.137. The first-order chi connectivity index (χ1) is 35.3. The Balaban J connectivity index is 1.22. The number of nitriles is 1. The molecule has 12 rings (SSSR count). The molecule has 0 saturated heterocycles. The molecule has 0 radical (unpaired) electrons. The van der Waals surface area contributed by atoms with Crippen molar-refractivity contribution < 1.29 is 17.6 Å². The Kier molecular flexibility index (Phi) is 10.8. The van der Waals surface area contributed by atoms with E-state index in [4.69, 9.17) is 0 Å². The van der Waals surface area contributed by atoms with Crippen LogP contribution in [0.25, 0.3) is 111 Å². The van der Waals surface area contributed by atoms with Crippen LogP contribution in [0.2, 0.25) is 0 Å². The van der Waals surface area contributed by atoms with Crippen LogP contribution in [0.4, 0.5) is 17.6 Å². The Hall–Kier alpha value is -8.99. The van der Waals surface area contributed by atoms with E-state index in [1.54, 1.807) is 12.1 Å². The molecule has 10 aromatic carbocycles. The van der Waals surface area contributed by atoms with Crippen molar-refractivity contribution in [1.82, 2.24) is 9.13 Å². The summed E-state index contributed by atoms with van der Waals surface area (Å²) in [5.41, 5.74) is 13.9. The van der Waals surface area contributed by atoms with Crippen molar-refractivity contribution in [1.29, 1.82) is 5.26 Å². The third-order valence-corrected chi connectivity index (χ3v) is 14.3. The topological polar surface area (TPSA) is 33.6 Å². The van der Waals surface area contributed by atoms with Crippen LogP contribution < -0.4 is 0 Å². The molecule has 7 heteroatoms. The van der Waals surface area contributed by atoms with Gasteiger partial charge in [-0.25, -0.2) is 4.39 Å². The third-order valence-electron chi connectivity index (χ3n) is 14.3. The number of hydrogen-bond donors (Lipinski definition) is 0. The summed E-state index contributed by atoms with van der Waals surface area (Å²) in [6, 6.07) is 66.2. The van der Waals surface area contributed by atoms with Crippen LogP contribution in [0, 0.1) is 44.8 Å². The molecule has 0 bridgehead atoms. The number of benzene rings is 10. The van der Waals surface area contributed by atoms with Crippen LogP contribution in [0.15, 0.2) is 200 Å². The predicted molar refractivity (Wildman–Crippen MR) is 291 cm³/mol. The van der Waals surface area contributed by atoms with Gasteiger partial charge in [0.15, 0.2) is 0 Å². The molecule has 352 valence electrons. The fourth-order valence-corrected chi connectivity index (χ4v) is 10.6. The van der Waals surface area contributed by atoms with Crippen LogP contribution in [-0.4, -0.2) is 9.13 Å². The molecule has 0 fully saturated rings. The number of aromatic nitrogens is 2. The van der Waals surface area contributed by atoms with Gasteiger partial charge in [0.2, 0.25) is 0 Å². The van der Waals surface area contributed by atoms with Gasteiger partial charge in [-0.15, -0.1) is 0 Å². The Morgan fingerprint density at radius 2 is 0.671 bits per heavy atom. The zero-order valence-electron chi connectivity index (χ0n) is 40.4. The van der Waals surface area contributed by atoms with E-state index in [0.29, 0.717) is 22.1 Å². The van der Waals surface area contributed by atoms with E-state index >= 15 is 17.6 Å². The molecule has 0 spiro atoms. The summed E-state index contributed by atoms with van der Waals surface area (Å²) in [6.07, 6.45) is -4.96. The molecule has 73 heavy (non-hydrogen) atoms. The zero-order chi connectivity index (χ0) is 50.3. The second-order valence-electron chi connectivity index (χ2n) is 19.2. The lowest BCUT2D eigenvalue weighted by Crippen LogP contribution is -2.12. The molecule has 0 aliphatic heterocycles. The van der Waals surface area contributed by atoms with Gasteiger partial charge in [0.25, 0.3) is 0 Å². The SMILES string of the molecule is Cc1ccc(-c2ccc3c(c2)c2cc(-c4ccc(C)cc4)ccc2n3-c2cc(C#N)cc(-n3c4ccc(-c5ccc(C)cc5)cc4c4cc(-c5ccc(C)cc5)ccc43)c2-c2c(F)cccc2C(F)(F)F)cc1. The van der Waals surface area contributed by atoms with Crippen LogP contribution in [-0.2, 0) is 6.18 Å². The van der Waals surface area contributed by atoms with Gasteiger partial charge in [-0.1, -0.05) is 150 Å². The Morgan fingerprint density at radius 1 is 0.370 bits per heavy atom. The van der Waals surface area contributed by atoms with E-state index < -0.39 is 23.1 Å². The first-order valence-corrected chi connectivity index (χ1v) is 24.2. The Morgan fingerprint density at radius 3 is 0.959 bits per heavy atom. The molecule has 0 N–H and O–H groups in total. The van der Waals surface area contributed by atoms with Crippen molar-refractivity contribution >= 4 is 43.6 Å². The molecule has 0 amide bonds. The predicted octanol–water partition coefficient (Wildman–Crippen LogP) is 18.5. The van der Waals surface area contributed by atoms with E-state index in [1.807, 2.05) is 85.4 Å². The first kappa shape index (κ1) is 45.2. The number of hydrogen-bond acceptors (Lipinski definition) is 1. The molecular formula is C66H45F4N3. The lowest BCUT2D eigenvalue weighted by atomic mass is 9.93. The molecule has 0 aliphatic rings. The minimum Gasteiger partial charge on any atom is -0.308 e. The second-order valence-corrected chi connectivity index (χ2v) is 19.2. The fourth-order valence-electron chi connectivity index (χ4n) is 10.6. The highest BCUT2D eigenvalue weighted by Gasteiger charge is 2.37. The summed E-state index contributed by atoms with van der Waals surface area (Å²) in [6.45, 7) is 8.16. The van der Waals surface area contributed by atoms with Gasteiger partial charge in [0.1, 0.15) is 5.82 Å². The summed E-state index contributed by atoms with van der Waals surface area (Å²) in [7, 11) is 0. The van der Waals surface area contributed by atoms with Gasteiger partial charge >= 0.3 is 6.18 Å². The van der Waals surface area contributed by atoms with E-state index in [0.717, 1.165) is 107 Å². The molecule has 12 aromatic rings. The molecule has 3 nitrogen and oxygen atoms in total. The maximum absolute atomic E-state index is 17.2. The number of fused-ring (bicyclic) bond motifs is 6. The standard InChI is InChI=1S/C66H45F4N3/c1-39-8-16-44(17-9-39)48-24-28-58-52(34-48)53-35-49(45-18-10-40(2)11-19-45)25-29-59(53)72(58)62-32-43(38-71)33-63(65(62)64-56(66(68,69)70)6-5-7-57(64)67)73-60-30-26-50(46-20-12-41(3)13-21-46)36-54(60)55-37-51(27-31-61(55)73)47-22-14-42(4)15-23-47/h5-37H,1-4H3. The minimum absolute atomic E-state index is 0.0162. The average Bonchev–Trinajstić information content (AvgIpc) is 3.90. The van der Waals surface area contributed by atoms with Crippen molar-refractivity contribution in [3.8, 4) is 73.1 Å². The van der Waals surface area contributed by atoms with Gasteiger partial charge < -0.3 is 9.13 Å². The van der Waals surface area contributed by atoms with Gasteiger partial charge in [-0.05, 0) is 145 Å². The van der Waals surface area contributed by atoms with Crippen LogP contribution in [0.5, 0.6) is 0 Å². The van der Waals surface area contributed by atoms with Crippen LogP contribution in [0.3, 0.4) is 0 Å². The van der Waals surface area contributed by atoms with Gasteiger partial charge in [-0.2, -0.15) is 18.4 Å². The number of alkyl halides is 3. The number of halogens is 4. The van der Waals surface area contributed by atoms with E-state index in [-0.39, 0.29) is 22.5 Å². The smallest absolute Gasteiger partial charge is 0.308 e. The molecule has 2 heterocycles. The van der Waals surface area contributed by atoms with Gasteiger partial charge in [0, 0.05) is 32.7 Å². The number of nitrogens with zero attached hydrogens (tertiary/aromatic N) is 3. The minimum atomic E-state index is -4.96. The molecule has 0 atom stereocenters. The van der Waals surface area contributed by atoms with E-state index in [2.05, 4.69) is 127 Å². The summed E-state index contributed by atoms with van der Waals surface area (Å²) in [5, 5.41) is 14.4. The van der Waals surface area contributed by atoms with Crippen molar-refractivity contribution in [3.05, 3.63) is 239 Å². The number of aryl methyl sites for hydroxylation is 4. The van der Waals surface area contributed by atoms with Gasteiger partial charge in [0.05, 0.1) is 50.6 Å². The molecule has 2 aromatic heterocycles. The highest BCUT2D eigenvalue weighted by molar-refractivity contribution is 6.14. The Bertz CT molecular complexity index is 3770. The van der Waals surface area contributed by atoms with E-state index in [9.17, 15) is 5.26 Å². The average molecular weight is 956 g/mol. The van der Waals surface area contributed by atoms with Crippen LogP contribution in [0.1, 0.15) is 33.4 Å². The van der Waals surface area contributed by atoms with Crippen molar-refractivity contribution in [2.45, 2.75) is 33.9 Å². The third kappa shape index (κ3) is 7.84. The highest BCUT2D eigenvalue weighted by Crippen LogP contribution is 2.48. The molecule has 0 saturated carbocycles. The van der Waals surface area contributed by atoms with Crippen molar-refractivity contribution in [3.63, 3.8) is 0 Å². The Labute approximate surface area is 420 Å².